The van der Waals surface area contributed by atoms with Crippen molar-refractivity contribution in [1.82, 2.24) is 29.5 Å². The first-order chi connectivity index (χ1) is 14.9. The lowest BCUT2D eigenvalue weighted by molar-refractivity contribution is 0.276. The molecule has 31 heavy (non-hydrogen) atoms. The van der Waals surface area contributed by atoms with Crippen molar-refractivity contribution in [3.63, 3.8) is 0 Å². The Morgan fingerprint density at radius 1 is 1.16 bits per heavy atom. The minimum absolute atomic E-state index is 0.0490. The van der Waals surface area contributed by atoms with Crippen LogP contribution in [0.1, 0.15) is 43.0 Å². The monoisotopic (exact) mass is 432 g/mol. The SMILES string of the molecule is C[C@H](Nc1nc(Cc2cn(C)cn2)nc(N2CCC(F)CC2)n1)c1ncc(F)cc1F. The molecule has 1 fully saturated rings. The molecule has 0 saturated carbocycles. The molecule has 1 aliphatic rings. The van der Waals surface area contributed by atoms with Gasteiger partial charge in [0.25, 0.3) is 0 Å². The molecule has 0 unspecified atom stereocenters. The molecule has 1 aliphatic heterocycles. The topological polar surface area (TPSA) is 84.7 Å². The van der Waals surface area contributed by atoms with Crippen LogP contribution >= 0.6 is 0 Å². The van der Waals surface area contributed by atoms with Crippen LogP contribution in [0.25, 0.3) is 0 Å². The van der Waals surface area contributed by atoms with Gasteiger partial charge < -0.3 is 14.8 Å². The van der Waals surface area contributed by atoms with Gasteiger partial charge in [0.2, 0.25) is 11.9 Å². The van der Waals surface area contributed by atoms with Gasteiger partial charge >= 0.3 is 0 Å². The number of halogens is 3. The molecule has 0 aromatic carbocycles. The summed E-state index contributed by atoms with van der Waals surface area (Å²) in [4.78, 5) is 23.5. The zero-order valence-corrected chi connectivity index (χ0v) is 17.3. The van der Waals surface area contributed by atoms with Crippen molar-refractivity contribution in [2.45, 2.75) is 38.4 Å². The second-order valence-corrected chi connectivity index (χ2v) is 7.63. The number of hydrogen-bond acceptors (Lipinski definition) is 7. The van der Waals surface area contributed by atoms with Crippen molar-refractivity contribution >= 4 is 11.9 Å². The zero-order valence-electron chi connectivity index (χ0n) is 17.3. The van der Waals surface area contributed by atoms with Crippen molar-refractivity contribution < 1.29 is 13.2 Å². The Kier molecular flexibility index (Phi) is 6.01. The summed E-state index contributed by atoms with van der Waals surface area (Å²) in [6.45, 7) is 2.68. The molecule has 0 radical (unpaired) electrons. The number of alkyl halides is 1. The minimum atomic E-state index is -0.823. The number of rotatable bonds is 6. The van der Waals surface area contributed by atoms with Gasteiger partial charge in [-0.2, -0.15) is 15.0 Å². The summed E-state index contributed by atoms with van der Waals surface area (Å²) in [6, 6.07) is 0.169. The Morgan fingerprint density at radius 2 is 1.94 bits per heavy atom. The molecule has 0 aliphatic carbocycles. The summed E-state index contributed by atoms with van der Waals surface area (Å²) in [5.74, 6) is -0.363. The molecular formula is C20H23F3N8. The number of hydrogen-bond donors (Lipinski definition) is 1. The van der Waals surface area contributed by atoms with E-state index in [1.165, 1.54) is 0 Å². The third-order valence-electron chi connectivity index (χ3n) is 5.07. The van der Waals surface area contributed by atoms with Gasteiger partial charge in [0.15, 0.2) is 0 Å². The predicted octanol–water partition coefficient (Wildman–Crippen LogP) is 2.98. The van der Waals surface area contributed by atoms with Gasteiger partial charge in [0, 0.05) is 32.4 Å². The number of nitrogens with zero attached hydrogens (tertiary/aromatic N) is 7. The van der Waals surface area contributed by atoms with E-state index in [9.17, 15) is 13.2 Å². The Balaban J connectivity index is 1.61. The molecule has 4 heterocycles. The summed E-state index contributed by atoms with van der Waals surface area (Å²) < 4.78 is 42.7. The fourth-order valence-electron chi connectivity index (χ4n) is 3.47. The molecule has 1 atom stereocenters. The van der Waals surface area contributed by atoms with E-state index in [0.29, 0.717) is 44.1 Å². The highest BCUT2D eigenvalue weighted by atomic mass is 19.1. The highest BCUT2D eigenvalue weighted by Crippen LogP contribution is 2.23. The van der Waals surface area contributed by atoms with Crippen LogP contribution in [-0.4, -0.2) is 48.7 Å². The molecule has 0 bridgehead atoms. The van der Waals surface area contributed by atoms with E-state index in [-0.39, 0.29) is 11.6 Å². The number of aromatic nitrogens is 6. The number of pyridine rings is 1. The first-order valence-corrected chi connectivity index (χ1v) is 10.1. The molecule has 1 N–H and O–H groups in total. The molecule has 3 aromatic heterocycles. The van der Waals surface area contributed by atoms with Crippen LogP contribution in [0.2, 0.25) is 0 Å². The van der Waals surface area contributed by atoms with E-state index >= 15 is 0 Å². The third-order valence-corrected chi connectivity index (χ3v) is 5.07. The molecule has 3 aromatic rings. The summed E-state index contributed by atoms with van der Waals surface area (Å²) in [7, 11) is 1.87. The fraction of sp³-hybridized carbons (Fsp3) is 0.450. The summed E-state index contributed by atoms with van der Waals surface area (Å²) in [5, 5.41) is 3.02. The lowest BCUT2D eigenvalue weighted by atomic mass is 10.1. The third kappa shape index (κ3) is 5.09. The van der Waals surface area contributed by atoms with E-state index in [4.69, 9.17) is 0 Å². The molecule has 164 valence electrons. The van der Waals surface area contributed by atoms with E-state index in [1.807, 2.05) is 22.7 Å². The molecule has 0 spiro atoms. The maximum Gasteiger partial charge on any atom is 0.230 e. The Labute approximate surface area is 177 Å². The van der Waals surface area contributed by atoms with E-state index in [0.717, 1.165) is 18.0 Å². The largest absolute Gasteiger partial charge is 0.346 e. The Hall–Kier alpha value is -3.24. The van der Waals surface area contributed by atoms with Gasteiger partial charge in [-0.25, -0.2) is 18.2 Å². The number of piperidine rings is 1. The van der Waals surface area contributed by atoms with Gasteiger partial charge in [-0.05, 0) is 19.8 Å². The van der Waals surface area contributed by atoms with Crippen LogP contribution in [0.15, 0.2) is 24.8 Å². The molecule has 1 saturated heterocycles. The lowest BCUT2D eigenvalue weighted by Gasteiger charge is -2.29. The highest BCUT2D eigenvalue weighted by molar-refractivity contribution is 5.39. The van der Waals surface area contributed by atoms with Gasteiger partial charge in [-0.1, -0.05) is 0 Å². The van der Waals surface area contributed by atoms with Crippen molar-refractivity contribution in [3.05, 3.63) is 53.6 Å². The zero-order chi connectivity index (χ0) is 22.0. The molecule has 0 amide bonds. The Bertz CT molecular complexity index is 1050. The quantitative estimate of drug-likeness (QED) is 0.641. The summed E-state index contributed by atoms with van der Waals surface area (Å²) >= 11 is 0. The summed E-state index contributed by atoms with van der Waals surface area (Å²) in [6.07, 6.45) is 4.89. The van der Waals surface area contributed by atoms with Crippen molar-refractivity contribution in [2.24, 2.45) is 7.05 Å². The standard InChI is InChI=1S/C20H23F3N8/c1-12(18-16(23)7-14(22)9-24-18)26-19-27-17(8-15-10-30(2)11-25-15)28-20(29-19)31-5-3-13(21)4-6-31/h7,9-13H,3-6,8H2,1-2H3,(H,26,27,28,29)/t12-/m0/s1. The highest BCUT2D eigenvalue weighted by Gasteiger charge is 2.23. The van der Waals surface area contributed by atoms with Gasteiger partial charge in [0.05, 0.1) is 36.4 Å². The summed E-state index contributed by atoms with van der Waals surface area (Å²) in [5.41, 5.74) is 0.834. The smallest absolute Gasteiger partial charge is 0.230 e. The van der Waals surface area contributed by atoms with Crippen LogP contribution in [0.4, 0.5) is 25.1 Å². The first-order valence-electron chi connectivity index (χ1n) is 10.1. The van der Waals surface area contributed by atoms with Crippen LogP contribution in [-0.2, 0) is 13.5 Å². The maximum atomic E-state index is 14.1. The molecule has 11 heteroatoms. The predicted molar refractivity (Wildman–Crippen MR) is 108 cm³/mol. The first kappa shape index (κ1) is 21.0. The number of nitrogens with one attached hydrogen (secondary N) is 1. The average molecular weight is 432 g/mol. The lowest BCUT2D eigenvalue weighted by Crippen LogP contribution is -2.36. The van der Waals surface area contributed by atoms with E-state index in [1.54, 1.807) is 13.3 Å². The second kappa shape index (κ2) is 8.86. The van der Waals surface area contributed by atoms with E-state index < -0.39 is 23.8 Å². The normalized spacial score (nSPS) is 15.8. The average Bonchev–Trinajstić information content (AvgIpc) is 3.12. The van der Waals surface area contributed by atoms with Crippen LogP contribution in [0.3, 0.4) is 0 Å². The van der Waals surface area contributed by atoms with Crippen LogP contribution in [0.5, 0.6) is 0 Å². The molecule has 4 rings (SSSR count). The van der Waals surface area contributed by atoms with Crippen LogP contribution < -0.4 is 10.2 Å². The van der Waals surface area contributed by atoms with Crippen molar-refractivity contribution in [2.75, 3.05) is 23.3 Å². The number of imidazole rings is 1. The fourth-order valence-corrected chi connectivity index (χ4v) is 3.47. The Morgan fingerprint density at radius 3 is 2.61 bits per heavy atom. The minimum Gasteiger partial charge on any atom is -0.346 e. The molecular weight excluding hydrogens is 409 g/mol. The number of aryl methyl sites for hydroxylation is 1. The second-order valence-electron chi connectivity index (χ2n) is 7.63. The van der Waals surface area contributed by atoms with Crippen molar-refractivity contribution in [3.8, 4) is 0 Å². The van der Waals surface area contributed by atoms with E-state index in [2.05, 4.69) is 30.2 Å². The number of anilines is 2. The molecule has 8 nitrogen and oxygen atoms in total. The van der Waals surface area contributed by atoms with Gasteiger partial charge in [-0.15, -0.1) is 0 Å². The van der Waals surface area contributed by atoms with Gasteiger partial charge in [0.1, 0.15) is 23.6 Å². The van der Waals surface area contributed by atoms with Crippen LogP contribution in [0, 0.1) is 11.6 Å². The van der Waals surface area contributed by atoms with Crippen molar-refractivity contribution in [1.29, 1.82) is 0 Å². The van der Waals surface area contributed by atoms with Gasteiger partial charge in [-0.3, -0.25) is 4.98 Å². The maximum absolute atomic E-state index is 14.1.